The van der Waals surface area contributed by atoms with Crippen LogP contribution in [0.25, 0.3) is 0 Å². The van der Waals surface area contributed by atoms with Crippen LogP contribution in [0.2, 0.25) is 0 Å². The molecule has 0 aromatic heterocycles. The molecular weight excluding hydrogens is 232 g/mol. The minimum absolute atomic E-state index is 0.122. The van der Waals surface area contributed by atoms with Gasteiger partial charge in [-0.1, -0.05) is 22.0 Å². The molecule has 0 bridgehead atoms. The van der Waals surface area contributed by atoms with Gasteiger partial charge in [0.2, 0.25) is 0 Å². The highest BCUT2D eigenvalue weighted by Gasteiger charge is 2.13. The van der Waals surface area contributed by atoms with Crippen molar-refractivity contribution in [2.24, 2.45) is 5.73 Å². The number of hydrogen-bond acceptors (Lipinski definition) is 3. The monoisotopic (exact) mass is 240 g/mol. The number of hydrogen-bond donors (Lipinski definition) is 2. The van der Waals surface area contributed by atoms with Crippen molar-refractivity contribution >= 4 is 15.9 Å². The third kappa shape index (κ3) is 2.20. The summed E-state index contributed by atoms with van der Waals surface area (Å²) < 4.78 is 0.732. The number of rotatable bonds is 2. The largest absolute Gasteiger partial charge is 0.508 e. The highest BCUT2D eigenvalue weighted by atomic mass is 79.9. The van der Waals surface area contributed by atoms with Gasteiger partial charge in [0.05, 0.1) is 12.5 Å². The molecular formula is C9H9BrN2O. The molecule has 1 rings (SSSR count). The summed E-state index contributed by atoms with van der Waals surface area (Å²) in [7, 11) is 0. The second kappa shape index (κ2) is 4.26. The number of halogens is 1. The van der Waals surface area contributed by atoms with Crippen molar-refractivity contribution in [3.05, 3.63) is 28.2 Å². The van der Waals surface area contributed by atoms with Gasteiger partial charge in [0.15, 0.2) is 0 Å². The highest BCUT2D eigenvalue weighted by Crippen LogP contribution is 2.31. The molecule has 0 spiro atoms. The first kappa shape index (κ1) is 10.0. The molecule has 0 fully saturated rings. The van der Waals surface area contributed by atoms with Gasteiger partial charge in [0.25, 0.3) is 0 Å². The summed E-state index contributed by atoms with van der Waals surface area (Å²) in [5.74, 6) is 0.122. The smallest absolute Gasteiger partial charge is 0.121 e. The Morgan fingerprint density at radius 2 is 2.31 bits per heavy atom. The first-order valence-electron chi connectivity index (χ1n) is 3.76. The van der Waals surface area contributed by atoms with Crippen LogP contribution in [0.5, 0.6) is 5.75 Å². The molecule has 0 aliphatic carbocycles. The Hall–Kier alpha value is -1.05. The molecule has 0 saturated heterocycles. The van der Waals surface area contributed by atoms with Gasteiger partial charge in [-0.15, -0.1) is 0 Å². The van der Waals surface area contributed by atoms with Crippen LogP contribution in [0.3, 0.4) is 0 Å². The summed E-state index contributed by atoms with van der Waals surface area (Å²) in [6.07, 6.45) is 0.191. The molecule has 68 valence electrons. The van der Waals surface area contributed by atoms with Gasteiger partial charge in [-0.25, -0.2) is 0 Å². The Balaban J connectivity index is 3.06. The van der Waals surface area contributed by atoms with Crippen LogP contribution in [-0.2, 0) is 0 Å². The van der Waals surface area contributed by atoms with Crippen molar-refractivity contribution in [3.8, 4) is 11.8 Å². The topological polar surface area (TPSA) is 70.0 Å². The van der Waals surface area contributed by atoms with Gasteiger partial charge in [0, 0.05) is 16.1 Å². The van der Waals surface area contributed by atoms with E-state index in [2.05, 4.69) is 15.9 Å². The van der Waals surface area contributed by atoms with Crippen LogP contribution in [0.4, 0.5) is 0 Å². The summed E-state index contributed by atoms with van der Waals surface area (Å²) in [6, 6.07) is 6.57. The minimum Gasteiger partial charge on any atom is -0.508 e. The summed E-state index contributed by atoms with van der Waals surface area (Å²) in [4.78, 5) is 0. The van der Waals surface area contributed by atoms with Crippen LogP contribution < -0.4 is 5.73 Å². The number of phenolic OH excluding ortho intramolecular Hbond substituents is 1. The minimum atomic E-state index is -0.444. The number of aromatic hydroxyl groups is 1. The van der Waals surface area contributed by atoms with Crippen molar-refractivity contribution < 1.29 is 5.11 Å². The van der Waals surface area contributed by atoms with E-state index < -0.39 is 6.04 Å². The van der Waals surface area contributed by atoms with Crippen LogP contribution in [0.15, 0.2) is 22.7 Å². The lowest BCUT2D eigenvalue weighted by molar-refractivity contribution is 0.461. The molecule has 0 unspecified atom stereocenters. The molecule has 0 amide bonds. The predicted octanol–water partition coefficient (Wildman–Crippen LogP) is 2.07. The third-order valence-electron chi connectivity index (χ3n) is 1.71. The Labute approximate surface area is 84.9 Å². The van der Waals surface area contributed by atoms with Crippen molar-refractivity contribution in [1.82, 2.24) is 0 Å². The molecule has 1 aromatic carbocycles. The molecule has 0 saturated carbocycles. The van der Waals surface area contributed by atoms with E-state index in [1.807, 2.05) is 6.07 Å². The molecule has 0 radical (unpaired) electrons. The van der Waals surface area contributed by atoms with Gasteiger partial charge >= 0.3 is 0 Å². The number of nitrogens with two attached hydrogens (primary N) is 1. The predicted molar refractivity (Wildman–Crippen MR) is 53.0 cm³/mol. The van der Waals surface area contributed by atoms with E-state index in [1.165, 1.54) is 0 Å². The Kier molecular flexibility index (Phi) is 3.29. The van der Waals surface area contributed by atoms with E-state index in [-0.39, 0.29) is 12.2 Å². The zero-order chi connectivity index (χ0) is 9.84. The first-order chi connectivity index (χ1) is 6.16. The van der Waals surface area contributed by atoms with Gasteiger partial charge in [-0.3, -0.25) is 0 Å². The maximum absolute atomic E-state index is 9.47. The maximum Gasteiger partial charge on any atom is 0.121 e. The fourth-order valence-electron chi connectivity index (χ4n) is 1.09. The summed E-state index contributed by atoms with van der Waals surface area (Å²) in [6.45, 7) is 0. The van der Waals surface area contributed by atoms with Crippen LogP contribution >= 0.6 is 15.9 Å². The molecule has 0 aliphatic rings. The molecule has 0 heterocycles. The molecule has 0 aliphatic heterocycles. The Morgan fingerprint density at radius 1 is 1.62 bits per heavy atom. The summed E-state index contributed by atoms with van der Waals surface area (Å²) in [5.41, 5.74) is 6.28. The van der Waals surface area contributed by atoms with E-state index in [4.69, 9.17) is 11.0 Å². The lowest BCUT2D eigenvalue weighted by Crippen LogP contribution is -2.10. The molecule has 3 N–H and O–H groups in total. The normalized spacial score (nSPS) is 12.1. The highest BCUT2D eigenvalue weighted by molar-refractivity contribution is 9.10. The molecule has 1 atom stereocenters. The van der Waals surface area contributed by atoms with Crippen LogP contribution in [-0.4, -0.2) is 5.11 Å². The summed E-state index contributed by atoms with van der Waals surface area (Å²) in [5, 5.41) is 17.9. The third-order valence-corrected chi connectivity index (χ3v) is 2.40. The van der Waals surface area contributed by atoms with Crippen LogP contribution in [0, 0.1) is 11.3 Å². The lowest BCUT2D eigenvalue weighted by Gasteiger charge is -2.11. The lowest BCUT2D eigenvalue weighted by atomic mass is 10.0. The van der Waals surface area contributed by atoms with Gasteiger partial charge < -0.3 is 10.8 Å². The zero-order valence-electron chi connectivity index (χ0n) is 6.87. The van der Waals surface area contributed by atoms with Gasteiger partial charge in [-0.2, -0.15) is 5.26 Å². The first-order valence-corrected chi connectivity index (χ1v) is 4.56. The van der Waals surface area contributed by atoms with Gasteiger partial charge in [-0.05, 0) is 12.1 Å². The van der Waals surface area contributed by atoms with E-state index in [1.54, 1.807) is 18.2 Å². The molecule has 4 heteroatoms. The average molecular weight is 241 g/mol. The second-order valence-corrected chi connectivity index (χ2v) is 3.50. The number of phenols is 1. The van der Waals surface area contributed by atoms with Crippen molar-refractivity contribution in [3.63, 3.8) is 0 Å². The fourth-order valence-corrected chi connectivity index (χ4v) is 1.74. The van der Waals surface area contributed by atoms with E-state index >= 15 is 0 Å². The molecule has 3 nitrogen and oxygen atoms in total. The maximum atomic E-state index is 9.47. The second-order valence-electron chi connectivity index (χ2n) is 2.64. The van der Waals surface area contributed by atoms with Crippen LogP contribution in [0.1, 0.15) is 18.0 Å². The van der Waals surface area contributed by atoms with Crippen molar-refractivity contribution in [1.29, 1.82) is 5.26 Å². The summed E-state index contributed by atoms with van der Waals surface area (Å²) >= 11 is 3.27. The fraction of sp³-hybridized carbons (Fsp3) is 0.222. The van der Waals surface area contributed by atoms with Crippen molar-refractivity contribution in [2.45, 2.75) is 12.5 Å². The Morgan fingerprint density at radius 3 is 2.85 bits per heavy atom. The SMILES string of the molecule is N#CC[C@@H](N)c1c(O)cccc1Br. The quantitative estimate of drug-likeness (QED) is 0.832. The number of nitriles is 1. The van der Waals surface area contributed by atoms with E-state index in [0.717, 1.165) is 4.47 Å². The average Bonchev–Trinajstić information content (AvgIpc) is 2.04. The standard InChI is InChI=1S/C9H9BrN2O/c10-6-2-1-3-8(13)9(6)7(12)4-5-11/h1-3,7,13H,4,12H2/t7-/m1/s1. The van der Waals surface area contributed by atoms with E-state index in [0.29, 0.717) is 5.56 Å². The molecule has 13 heavy (non-hydrogen) atoms. The number of nitrogens with zero attached hydrogens (tertiary/aromatic N) is 1. The number of benzene rings is 1. The van der Waals surface area contributed by atoms with E-state index in [9.17, 15) is 5.11 Å². The Bertz CT molecular complexity index is 326. The molecule has 1 aromatic rings. The van der Waals surface area contributed by atoms with Crippen molar-refractivity contribution in [2.75, 3.05) is 0 Å². The zero-order valence-corrected chi connectivity index (χ0v) is 8.45. The van der Waals surface area contributed by atoms with Gasteiger partial charge in [0.1, 0.15) is 5.75 Å².